The van der Waals surface area contributed by atoms with Crippen molar-refractivity contribution in [2.45, 2.75) is 70.7 Å². The average molecular weight is 396 g/mol. The molecule has 2 aliphatic rings. The average Bonchev–Trinajstić information content (AvgIpc) is 2.68. The Balaban J connectivity index is 2.03. The van der Waals surface area contributed by atoms with Gasteiger partial charge in [-0.3, -0.25) is 0 Å². The van der Waals surface area contributed by atoms with Crippen LogP contribution < -0.4 is 0 Å². The molecular formula is C23H28N2O4. The minimum Gasteiger partial charge on any atom is -0.459 e. The molecule has 0 aromatic heterocycles. The molecule has 2 rings (SSSR count). The second-order valence-corrected chi connectivity index (χ2v) is 7.90. The van der Waals surface area contributed by atoms with E-state index in [4.69, 9.17) is 4.74 Å². The maximum Gasteiger partial charge on any atom is 0.330 e. The number of ether oxygens (including phenoxy) is 1. The standard InChI is InChI=1S/C23H28N2O4/c1-15(2)9-23(28)29-20-6-3-16(4-7-20)10-18(13-24)19(14-25)11-17-5-8-21(26)22(27)12-17/h9-12,16,20-22,26-27H,3-8H2,1-2H3. The number of nitriles is 2. The maximum atomic E-state index is 11.8. The number of aliphatic hydroxyl groups is 2. The van der Waals surface area contributed by atoms with E-state index in [1.165, 1.54) is 12.2 Å². The maximum absolute atomic E-state index is 11.8. The lowest BCUT2D eigenvalue weighted by molar-refractivity contribution is -0.144. The third-order valence-electron chi connectivity index (χ3n) is 5.18. The molecule has 6 nitrogen and oxygen atoms in total. The smallest absolute Gasteiger partial charge is 0.330 e. The van der Waals surface area contributed by atoms with Crippen LogP contribution in [0.1, 0.15) is 52.4 Å². The SMILES string of the molecule is CC(C)=CC(=O)OC1CCC(C=C(C#N)C(C#N)=CC2=CC(O)C(O)CC2)CC1. The number of carbonyl (C=O) groups excluding carboxylic acids is 1. The Labute approximate surface area is 172 Å². The molecule has 29 heavy (non-hydrogen) atoms. The first-order valence-corrected chi connectivity index (χ1v) is 9.98. The van der Waals surface area contributed by atoms with Crippen LogP contribution in [0.2, 0.25) is 0 Å². The minimum atomic E-state index is -0.950. The van der Waals surface area contributed by atoms with Gasteiger partial charge in [0, 0.05) is 6.08 Å². The van der Waals surface area contributed by atoms with Crippen LogP contribution in [-0.2, 0) is 9.53 Å². The monoisotopic (exact) mass is 396 g/mol. The largest absolute Gasteiger partial charge is 0.459 e. The molecule has 2 unspecified atom stereocenters. The first kappa shape index (κ1) is 22.6. The molecule has 0 heterocycles. The molecule has 0 aromatic carbocycles. The Morgan fingerprint density at radius 2 is 1.76 bits per heavy atom. The predicted octanol–water partition coefficient (Wildman–Crippen LogP) is 3.40. The molecule has 0 spiro atoms. The topological polar surface area (TPSA) is 114 Å². The molecular weight excluding hydrogens is 368 g/mol. The van der Waals surface area contributed by atoms with Crippen molar-refractivity contribution in [3.63, 3.8) is 0 Å². The summed E-state index contributed by atoms with van der Waals surface area (Å²) in [6.45, 7) is 3.69. The van der Waals surface area contributed by atoms with E-state index in [2.05, 4.69) is 12.1 Å². The fraction of sp³-hybridized carbons (Fsp3) is 0.522. The van der Waals surface area contributed by atoms with Crippen molar-refractivity contribution in [3.8, 4) is 12.1 Å². The summed E-state index contributed by atoms with van der Waals surface area (Å²) in [6.07, 6.45) is 8.60. The summed E-state index contributed by atoms with van der Waals surface area (Å²) in [5.74, 6) is -0.169. The third kappa shape index (κ3) is 7.02. The number of esters is 1. The lowest BCUT2D eigenvalue weighted by atomic mass is 9.85. The van der Waals surface area contributed by atoms with Gasteiger partial charge in [0.25, 0.3) is 0 Å². The number of hydrogen-bond acceptors (Lipinski definition) is 6. The fourth-order valence-electron chi connectivity index (χ4n) is 3.61. The molecule has 1 fully saturated rings. The van der Waals surface area contributed by atoms with Gasteiger partial charge in [0.2, 0.25) is 0 Å². The lowest BCUT2D eigenvalue weighted by Gasteiger charge is -2.26. The van der Waals surface area contributed by atoms with Crippen LogP contribution in [0.5, 0.6) is 0 Å². The molecule has 0 amide bonds. The van der Waals surface area contributed by atoms with E-state index in [0.717, 1.165) is 36.8 Å². The first-order chi connectivity index (χ1) is 13.8. The first-order valence-electron chi connectivity index (χ1n) is 9.98. The summed E-state index contributed by atoms with van der Waals surface area (Å²) in [5.41, 5.74) is 2.23. The Kier molecular flexibility index (Phi) is 8.39. The highest BCUT2D eigenvalue weighted by molar-refractivity contribution is 5.82. The highest BCUT2D eigenvalue weighted by atomic mass is 16.5. The Morgan fingerprint density at radius 1 is 1.10 bits per heavy atom. The van der Waals surface area contributed by atoms with Crippen molar-refractivity contribution in [3.05, 3.63) is 46.6 Å². The lowest BCUT2D eigenvalue weighted by Crippen LogP contribution is -2.27. The molecule has 0 aromatic rings. The molecule has 0 radical (unpaired) electrons. The van der Waals surface area contributed by atoms with Crippen LogP contribution in [0.25, 0.3) is 0 Å². The molecule has 0 saturated heterocycles. The van der Waals surface area contributed by atoms with Gasteiger partial charge in [0.15, 0.2) is 0 Å². The molecule has 2 atom stereocenters. The van der Waals surface area contributed by atoms with Crippen molar-refractivity contribution in [2.75, 3.05) is 0 Å². The summed E-state index contributed by atoms with van der Waals surface area (Å²) in [7, 11) is 0. The van der Waals surface area contributed by atoms with Gasteiger partial charge in [-0.15, -0.1) is 0 Å². The zero-order valence-electron chi connectivity index (χ0n) is 17.0. The molecule has 1 saturated carbocycles. The van der Waals surface area contributed by atoms with E-state index in [-0.39, 0.29) is 23.6 Å². The van der Waals surface area contributed by atoms with Gasteiger partial charge in [0.05, 0.1) is 23.4 Å². The van der Waals surface area contributed by atoms with Crippen molar-refractivity contribution >= 4 is 5.97 Å². The van der Waals surface area contributed by atoms with Crippen molar-refractivity contribution in [1.82, 2.24) is 0 Å². The second-order valence-electron chi connectivity index (χ2n) is 7.90. The number of carbonyl (C=O) groups is 1. The summed E-state index contributed by atoms with van der Waals surface area (Å²) in [5, 5.41) is 38.4. The molecule has 6 heteroatoms. The van der Waals surface area contributed by atoms with Crippen molar-refractivity contribution < 1.29 is 19.7 Å². The van der Waals surface area contributed by atoms with E-state index in [9.17, 15) is 25.5 Å². The van der Waals surface area contributed by atoms with Crippen LogP contribution in [0, 0.1) is 28.6 Å². The van der Waals surface area contributed by atoms with Crippen LogP contribution in [-0.4, -0.2) is 34.5 Å². The van der Waals surface area contributed by atoms with E-state index < -0.39 is 12.2 Å². The molecule has 154 valence electrons. The Morgan fingerprint density at radius 3 is 2.31 bits per heavy atom. The zero-order chi connectivity index (χ0) is 21.4. The summed E-state index contributed by atoms with van der Waals surface area (Å²) in [4.78, 5) is 11.8. The highest BCUT2D eigenvalue weighted by Crippen LogP contribution is 2.30. The van der Waals surface area contributed by atoms with Crippen molar-refractivity contribution in [2.24, 2.45) is 5.92 Å². The summed E-state index contributed by atoms with van der Waals surface area (Å²) >= 11 is 0. The van der Waals surface area contributed by atoms with E-state index in [1.807, 2.05) is 19.9 Å². The van der Waals surface area contributed by atoms with Crippen molar-refractivity contribution in [1.29, 1.82) is 10.5 Å². The number of nitrogens with zero attached hydrogens (tertiary/aromatic N) is 2. The second kappa shape index (κ2) is 10.8. The van der Waals surface area contributed by atoms with E-state index >= 15 is 0 Å². The molecule has 0 bridgehead atoms. The van der Waals surface area contributed by atoms with E-state index in [0.29, 0.717) is 18.4 Å². The normalized spacial score (nSPS) is 27.9. The molecule has 2 N–H and O–H groups in total. The van der Waals surface area contributed by atoms with Gasteiger partial charge in [-0.2, -0.15) is 10.5 Å². The minimum absolute atomic E-state index is 0.112. The number of rotatable bonds is 5. The number of aliphatic hydroxyl groups excluding tert-OH is 2. The Hall–Kier alpha value is -2.67. The van der Waals surface area contributed by atoms with Gasteiger partial charge in [0.1, 0.15) is 18.2 Å². The van der Waals surface area contributed by atoms with E-state index in [1.54, 1.807) is 6.08 Å². The quantitative estimate of drug-likeness (QED) is 0.319. The number of allylic oxidation sites excluding steroid dienone is 6. The van der Waals surface area contributed by atoms with Gasteiger partial charge in [-0.25, -0.2) is 4.79 Å². The summed E-state index contributed by atoms with van der Waals surface area (Å²) < 4.78 is 5.45. The number of hydrogen-bond donors (Lipinski definition) is 2. The molecule has 2 aliphatic carbocycles. The fourth-order valence-corrected chi connectivity index (χ4v) is 3.61. The zero-order valence-corrected chi connectivity index (χ0v) is 17.0. The van der Waals surface area contributed by atoms with Gasteiger partial charge in [-0.05, 0) is 69.9 Å². The van der Waals surface area contributed by atoms with Gasteiger partial charge < -0.3 is 14.9 Å². The van der Waals surface area contributed by atoms with Crippen LogP contribution in [0.3, 0.4) is 0 Å². The van der Waals surface area contributed by atoms with Crippen LogP contribution in [0.4, 0.5) is 0 Å². The van der Waals surface area contributed by atoms with Gasteiger partial charge in [-0.1, -0.05) is 17.7 Å². The Bertz CT molecular complexity index is 811. The third-order valence-corrected chi connectivity index (χ3v) is 5.18. The summed E-state index contributed by atoms with van der Waals surface area (Å²) in [6, 6.07) is 4.19. The molecule has 0 aliphatic heterocycles. The highest BCUT2D eigenvalue weighted by Gasteiger charge is 2.24. The van der Waals surface area contributed by atoms with Crippen LogP contribution in [0.15, 0.2) is 46.6 Å². The van der Waals surface area contributed by atoms with Gasteiger partial charge >= 0.3 is 5.97 Å². The predicted molar refractivity (Wildman–Crippen MR) is 108 cm³/mol. The van der Waals surface area contributed by atoms with Crippen LogP contribution >= 0.6 is 0 Å².